The van der Waals surface area contributed by atoms with E-state index in [4.69, 9.17) is 19.7 Å². The molecule has 0 aliphatic carbocycles. The second-order valence-corrected chi connectivity index (χ2v) is 7.32. The Morgan fingerprint density at radius 1 is 0.958 bits per heavy atom. The number of hydrogen-bond donors (Lipinski definition) is 2. The van der Waals surface area contributed by atoms with Crippen molar-refractivity contribution in [3.63, 3.8) is 0 Å². The summed E-state index contributed by atoms with van der Waals surface area (Å²) in [7, 11) is 0. The number of aliphatic hydroxyl groups is 2. The molecule has 0 radical (unpaired) electrons. The first kappa shape index (κ1) is 23.5. The van der Waals surface area contributed by atoms with E-state index in [1.807, 2.05) is 6.92 Å². The van der Waals surface area contributed by atoms with Crippen molar-refractivity contribution >= 4 is 5.78 Å². The zero-order valence-electron chi connectivity index (χ0n) is 16.3. The average molecular weight is 347 g/mol. The molecule has 0 rings (SSSR count). The van der Waals surface area contributed by atoms with Gasteiger partial charge in [0.05, 0.1) is 25.4 Å². The lowest BCUT2D eigenvalue weighted by molar-refractivity contribution is -0.146. The van der Waals surface area contributed by atoms with Gasteiger partial charge in [0.15, 0.2) is 5.78 Å². The molecule has 0 aliphatic rings. The van der Waals surface area contributed by atoms with E-state index in [1.165, 1.54) is 0 Å². The summed E-state index contributed by atoms with van der Waals surface area (Å²) in [4.78, 5) is 12.4. The Labute approximate surface area is 147 Å². The summed E-state index contributed by atoms with van der Waals surface area (Å²) in [5.41, 5.74) is -0.899. The van der Waals surface area contributed by atoms with Crippen LogP contribution in [-0.4, -0.2) is 53.6 Å². The minimum Gasteiger partial charge on any atom is -0.396 e. The molecule has 0 saturated carbocycles. The van der Waals surface area contributed by atoms with Crippen molar-refractivity contribution in [1.82, 2.24) is 0 Å². The van der Waals surface area contributed by atoms with Crippen LogP contribution >= 0.6 is 0 Å². The van der Waals surface area contributed by atoms with Crippen LogP contribution in [0.4, 0.5) is 0 Å². The van der Waals surface area contributed by atoms with Gasteiger partial charge in [-0.25, -0.2) is 0 Å². The summed E-state index contributed by atoms with van der Waals surface area (Å²) in [6, 6.07) is 0. The Kier molecular flexibility index (Phi) is 11.7. The van der Waals surface area contributed by atoms with Crippen molar-refractivity contribution in [3.8, 4) is 0 Å². The Morgan fingerprint density at radius 3 is 2.08 bits per heavy atom. The van der Waals surface area contributed by atoms with Crippen LogP contribution in [0.15, 0.2) is 0 Å². The van der Waals surface area contributed by atoms with Crippen molar-refractivity contribution < 1.29 is 24.5 Å². The molecule has 5 heteroatoms. The molecule has 0 aromatic carbocycles. The monoisotopic (exact) mass is 346 g/mol. The number of ketones is 1. The maximum atomic E-state index is 12.4. The lowest BCUT2D eigenvalue weighted by Gasteiger charge is -2.29. The third-order valence-electron chi connectivity index (χ3n) is 4.81. The third-order valence-corrected chi connectivity index (χ3v) is 4.81. The largest absolute Gasteiger partial charge is 0.396 e. The first-order valence-electron chi connectivity index (χ1n) is 9.27. The average Bonchev–Trinajstić information content (AvgIpc) is 2.58. The van der Waals surface area contributed by atoms with E-state index < -0.39 is 5.60 Å². The van der Waals surface area contributed by atoms with Gasteiger partial charge in [0.25, 0.3) is 0 Å². The highest BCUT2D eigenvalue weighted by Crippen LogP contribution is 2.21. The minimum atomic E-state index is -0.830. The molecule has 0 aromatic rings. The van der Waals surface area contributed by atoms with Gasteiger partial charge in [0, 0.05) is 18.9 Å². The van der Waals surface area contributed by atoms with E-state index in [2.05, 4.69) is 20.8 Å². The highest BCUT2D eigenvalue weighted by Gasteiger charge is 2.32. The number of ether oxygens (including phenoxy) is 2. The summed E-state index contributed by atoms with van der Waals surface area (Å²) < 4.78 is 11.5. The maximum absolute atomic E-state index is 12.4. The van der Waals surface area contributed by atoms with Crippen molar-refractivity contribution in [1.29, 1.82) is 0 Å². The van der Waals surface area contributed by atoms with Gasteiger partial charge in [-0.3, -0.25) is 4.79 Å². The van der Waals surface area contributed by atoms with Crippen LogP contribution in [0.2, 0.25) is 0 Å². The number of aliphatic hydroxyl groups excluding tert-OH is 2. The molecule has 0 heterocycles. The van der Waals surface area contributed by atoms with E-state index in [0.717, 1.165) is 32.3 Å². The maximum Gasteiger partial charge on any atom is 0.164 e. The van der Waals surface area contributed by atoms with Gasteiger partial charge >= 0.3 is 0 Å². The molecule has 0 bridgehead atoms. The number of Topliss-reactive ketones (excluding diaryl/α,β-unsaturated/α-hetero) is 1. The fourth-order valence-electron chi connectivity index (χ4n) is 2.12. The van der Waals surface area contributed by atoms with Crippen LogP contribution < -0.4 is 0 Å². The molecular formula is C19H38O5. The van der Waals surface area contributed by atoms with Gasteiger partial charge in [-0.15, -0.1) is 0 Å². The fourth-order valence-corrected chi connectivity index (χ4v) is 2.12. The lowest BCUT2D eigenvalue weighted by atomic mass is 9.93. The Balaban J connectivity index is 4.09. The predicted octanol–water partition coefficient (Wildman–Crippen LogP) is 3.11. The summed E-state index contributed by atoms with van der Waals surface area (Å²) in [6.07, 6.45) is 4.81. The molecule has 0 amide bonds. The second-order valence-electron chi connectivity index (χ2n) is 7.32. The first-order chi connectivity index (χ1) is 11.2. The van der Waals surface area contributed by atoms with Gasteiger partial charge in [-0.1, -0.05) is 20.3 Å². The van der Waals surface area contributed by atoms with Gasteiger partial charge in [-0.2, -0.15) is 0 Å². The van der Waals surface area contributed by atoms with Crippen molar-refractivity contribution in [3.05, 3.63) is 0 Å². The van der Waals surface area contributed by atoms with Gasteiger partial charge in [0.1, 0.15) is 5.60 Å². The summed E-state index contributed by atoms with van der Waals surface area (Å²) in [5, 5.41) is 18.2. The summed E-state index contributed by atoms with van der Waals surface area (Å²) in [5.74, 6) is -0.239. The van der Waals surface area contributed by atoms with E-state index in [1.54, 1.807) is 6.92 Å². The van der Waals surface area contributed by atoms with Crippen LogP contribution in [0.1, 0.15) is 73.1 Å². The van der Waals surface area contributed by atoms with Crippen molar-refractivity contribution in [2.45, 2.75) is 84.3 Å². The molecule has 144 valence electrons. The van der Waals surface area contributed by atoms with Crippen LogP contribution in [-0.2, 0) is 14.3 Å². The Morgan fingerprint density at radius 2 is 1.58 bits per heavy atom. The van der Waals surface area contributed by atoms with Crippen LogP contribution in [0.3, 0.4) is 0 Å². The van der Waals surface area contributed by atoms with Gasteiger partial charge < -0.3 is 19.7 Å². The first-order valence-corrected chi connectivity index (χ1v) is 9.27. The topological polar surface area (TPSA) is 76.0 Å². The second kappa shape index (κ2) is 12.0. The van der Waals surface area contributed by atoms with E-state index in [9.17, 15) is 4.79 Å². The Bertz CT molecular complexity index is 339. The van der Waals surface area contributed by atoms with Gasteiger partial charge in [-0.05, 0) is 46.5 Å². The third kappa shape index (κ3) is 9.11. The zero-order chi connectivity index (χ0) is 18.6. The smallest absolute Gasteiger partial charge is 0.164 e. The number of unbranched alkanes of at least 4 members (excludes halogenated alkanes) is 2. The molecule has 5 nitrogen and oxygen atoms in total. The normalized spacial score (nSPS) is 14.8. The zero-order valence-corrected chi connectivity index (χ0v) is 16.3. The SMILES string of the molecule is CCC(C)(C)OCCCCCC(=O)C(C)(CC)OCC(CO)CO. The van der Waals surface area contributed by atoms with E-state index in [0.29, 0.717) is 12.8 Å². The van der Waals surface area contributed by atoms with Gasteiger partial charge in [0.2, 0.25) is 0 Å². The summed E-state index contributed by atoms with van der Waals surface area (Å²) >= 11 is 0. The van der Waals surface area contributed by atoms with E-state index >= 15 is 0 Å². The molecule has 2 N–H and O–H groups in total. The van der Waals surface area contributed by atoms with E-state index in [-0.39, 0.29) is 37.1 Å². The lowest BCUT2D eigenvalue weighted by Crippen LogP contribution is -2.40. The standard InChI is InChI=1S/C19H38O5/c1-6-18(3,4)23-12-10-8-9-11-17(22)19(5,7-2)24-15-16(13-20)14-21/h16,20-21H,6-15H2,1-5H3. The highest BCUT2D eigenvalue weighted by molar-refractivity contribution is 5.86. The quantitative estimate of drug-likeness (QED) is 0.446. The number of rotatable bonds is 15. The van der Waals surface area contributed by atoms with Crippen LogP contribution in [0, 0.1) is 5.92 Å². The molecule has 0 spiro atoms. The number of carbonyl (C=O) groups excluding carboxylic acids is 1. The molecule has 0 saturated heterocycles. The molecule has 1 unspecified atom stereocenters. The minimum absolute atomic E-state index is 0.0691. The Hall–Kier alpha value is -0.490. The van der Waals surface area contributed by atoms with Crippen LogP contribution in [0.25, 0.3) is 0 Å². The van der Waals surface area contributed by atoms with Crippen LogP contribution in [0.5, 0.6) is 0 Å². The molecule has 0 fully saturated rings. The predicted molar refractivity (Wildman–Crippen MR) is 96.1 cm³/mol. The molecule has 0 aliphatic heterocycles. The van der Waals surface area contributed by atoms with Crippen molar-refractivity contribution in [2.75, 3.05) is 26.4 Å². The highest BCUT2D eigenvalue weighted by atomic mass is 16.5. The summed E-state index contributed by atoms with van der Waals surface area (Å²) in [6.45, 7) is 10.7. The van der Waals surface area contributed by atoms with Crippen molar-refractivity contribution in [2.24, 2.45) is 5.92 Å². The molecular weight excluding hydrogens is 308 g/mol. The number of hydrogen-bond acceptors (Lipinski definition) is 5. The number of carbonyl (C=O) groups is 1. The molecule has 24 heavy (non-hydrogen) atoms. The molecule has 0 aromatic heterocycles. The fraction of sp³-hybridized carbons (Fsp3) is 0.947. The molecule has 1 atom stereocenters.